The maximum atomic E-state index is 12.5. The molecule has 0 aliphatic carbocycles. The first-order chi connectivity index (χ1) is 8.99. The van der Waals surface area contributed by atoms with Crippen LogP contribution < -0.4 is 0 Å². The molecule has 1 aliphatic rings. The molecule has 1 aromatic carbocycles. The van der Waals surface area contributed by atoms with Gasteiger partial charge in [-0.25, -0.2) is 0 Å². The number of halogens is 1. The fraction of sp³-hybridized carbons (Fsp3) is 0.500. The summed E-state index contributed by atoms with van der Waals surface area (Å²) in [6.45, 7) is 5.87. The van der Waals surface area contributed by atoms with Gasteiger partial charge in [-0.05, 0) is 24.1 Å². The van der Waals surface area contributed by atoms with Gasteiger partial charge in [-0.2, -0.15) is 11.8 Å². The number of carbonyl (C=O) groups is 1. The van der Waals surface area contributed by atoms with Crippen LogP contribution in [0.15, 0.2) is 22.7 Å². The number of phenols is 1. The molecule has 0 aromatic heterocycles. The molecule has 19 heavy (non-hydrogen) atoms. The number of phenolic OH excluding ortho intramolecular Hbond substituents is 1. The number of nitrogens with zero attached hydrogens (tertiary/aromatic N) is 1. The Morgan fingerprint density at radius 3 is 2.95 bits per heavy atom. The van der Waals surface area contributed by atoms with Crippen molar-refractivity contribution in [2.24, 2.45) is 5.92 Å². The Morgan fingerprint density at radius 2 is 2.26 bits per heavy atom. The lowest BCUT2D eigenvalue weighted by molar-refractivity contribution is 0.0753. The van der Waals surface area contributed by atoms with E-state index in [2.05, 4.69) is 29.8 Å². The second kappa shape index (κ2) is 6.18. The molecule has 1 N–H and O–H groups in total. The van der Waals surface area contributed by atoms with Crippen LogP contribution in [0.4, 0.5) is 0 Å². The van der Waals surface area contributed by atoms with E-state index < -0.39 is 0 Å². The van der Waals surface area contributed by atoms with E-state index in [1.54, 1.807) is 18.2 Å². The van der Waals surface area contributed by atoms with E-state index in [4.69, 9.17) is 0 Å². The van der Waals surface area contributed by atoms with E-state index in [0.29, 0.717) is 16.7 Å². The van der Waals surface area contributed by atoms with Gasteiger partial charge in [0.2, 0.25) is 0 Å². The molecule has 5 heteroatoms. The van der Waals surface area contributed by atoms with E-state index in [1.807, 2.05) is 16.7 Å². The third-order valence-corrected chi connectivity index (χ3v) is 5.35. The van der Waals surface area contributed by atoms with Crippen molar-refractivity contribution in [1.29, 1.82) is 0 Å². The van der Waals surface area contributed by atoms with Gasteiger partial charge in [0.15, 0.2) is 0 Å². The Morgan fingerprint density at radius 1 is 1.53 bits per heavy atom. The molecule has 0 bridgehead atoms. The standard InChI is InChI=1S/C14H18BrNO2S/c1-9(2)13-8-16(5-6-19-13)14(18)11-7-10(15)3-4-12(11)17/h3-4,7,9,13,17H,5-6,8H2,1-2H3/t13-/m0/s1. The van der Waals surface area contributed by atoms with Crippen molar-refractivity contribution in [2.75, 3.05) is 18.8 Å². The third kappa shape index (κ3) is 3.45. The monoisotopic (exact) mass is 343 g/mol. The summed E-state index contributed by atoms with van der Waals surface area (Å²) in [6.07, 6.45) is 0. The van der Waals surface area contributed by atoms with Crippen molar-refractivity contribution in [3.8, 4) is 5.75 Å². The van der Waals surface area contributed by atoms with Gasteiger partial charge in [-0.3, -0.25) is 4.79 Å². The topological polar surface area (TPSA) is 40.5 Å². The van der Waals surface area contributed by atoms with Gasteiger partial charge < -0.3 is 10.0 Å². The second-order valence-electron chi connectivity index (χ2n) is 5.07. The molecule has 104 valence electrons. The predicted octanol–water partition coefficient (Wildman–Crippen LogP) is 3.37. The van der Waals surface area contributed by atoms with Crippen molar-refractivity contribution in [2.45, 2.75) is 19.1 Å². The molecule has 1 fully saturated rings. The Bertz CT molecular complexity index is 479. The average Bonchev–Trinajstić information content (AvgIpc) is 2.41. The van der Waals surface area contributed by atoms with E-state index in [9.17, 15) is 9.90 Å². The van der Waals surface area contributed by atoms with Gasteiger partial charge >= 0.3 is 0 Å². The van der Waals surface area contributed by atoms with Crippen LogP contribution in [0.3, 0.4) is 0 Å². The Labute approximate surface area is 126 Å². The van der Waals surface area contributed by atoms with Gasteiger partial charge in [0, 0.05) is 28.6 Å². The first-order valence-corrected chi connectivity index (χ1v) is 8.22. The maximum Gasteiger partial charge on any atom is 0.257 e. The highest BCUT2D eigenvalue weighted by atomic mass is 79.9. The Kier molecular flexibility index (Phi) is 4.79. The molecule has 0 radical (unpaired) electrons. The summed E-state index contributed by atoms with van der Waals surface area (Å²) < 4.78 is 0.806. The lowest BCUT2D eigenvalue weighted by atomic mass is 10.1. The zero-order chi connectivity index (χ0) is 14.0. The van der Waals surface area contributed by atoms with Gasteiger partial charge in [0.25, 0.3) is 5.91 Å². The number of aromatic hydroxyl groups is 1. The molecule has 1 heterocycles. The van der Waals surface area contributed by atoms with Crippen LogP contribution in [0.5, 0.6) is 5.75 Å². The zero-order valence-electron chi connectivity index (χ0n) is 11.1. The molecule has 2 rings (SSSR count). The number of rotatable bonds is 2. The molecule has 1 aliphatic heterocycles. The fourth-order valence-corrected chi connectivity index (χ4v) is 3.77. The van der Waals surface area contributed by atoms with Gasteiger partial charge in [0.1, 0.15) is 5.75 Å². The molecular weight excluding hydrogens is 326 g/mol. The minimum atomic E-state index is -0.0789. The number of thioether (sulfide) groups is 1. The van der Waals surface area contributed by atoms with Crippen LogP contribution in [-0.4, -0.2) is 40.0 Å². The molecule has 0 saturated carbocycles. The van der Waals surface area contributed by atoms with E-state index in [1.165, 1.54) is 0 Å². The SMILES string of the molecule is CC(C)[C@@H]1CN(C(=O)c2cc(Br)ccc2O)CCS1. The first-order valence-electron chi connectivity index (χ1n) is 6.38. The molecule has 0 spiro atoms. The second-order valence-corrected chi connectivity index (χ2v) is 7.33. The lowest BCUT2D eigenvalue weighted by Crippen LogP contribution is -2.43. The van der Waals surface area contributed by atoms with E-state index in [-0.39, 0.29) is 11.7 Å². The van der Waals surface area contributed by atoms with E-state index in [0.717, 1.165) is 23.3 Å². The maximum absolute atomic E-state index is 12.5. The van der Waals surface area contributed by atoms with Crippen molar-refractivity contribution < 1.29 is 9.90 Å². The Balaban J connectivity index is 2.17. The molecule has 1 saturated heterocycles. The lowest BCUT2D eigenvalue weighted by Gasteiger charge is -2.34. The van der Waals surface area contributed by atoms with Crippen molar-refractivity contribution in [3.63, 3.8) is 0 Å². The fourth-order valence-electron chi connectivity index (χ4n) is 2.11. The number of hydrogen-bond acceptors (Lipinski definition) is 3. The van der Waals surface area contributed by atoms with Crippen LogP contribution in [0.1, 0.15) is 24.2 Å². The largest absolute Gasteiger partial charge is 0.507 e. The molecular formula is C14H18BrNO2S. The molecule has 1 aromatic rings. The summed E-state index contributed by atoms with van der Waals surface area (Å²) in [7, 11) is 0. The van der Waals surface area contributed by atoms with Gasteiger partial charge in [-0.15, -0.1) is 0 Å². The van der Waals surface area contributed by atoms with Crippen molar-refractivity contribution in [1.82, 2.24) is 4.90 Å². The quantitative estimate of drug-likeness (QED) is 0.894. The Hall–Kier alpha value is -0.680. The summed E-state index contributed by atoms with van der Waals surface area (Å²) in [5.41, 5.74) is 0.379. The highest BCUT2D eigenvalue weighted by Gasteiger charge is 2.27. The van der Waals surface area contributed by atoms with Crippen molar-refractivity contribution >= 4 is 33.6 Å². The molecule has 1 amide bonds. The smallest absolute Gasteiger partial charge is 0.257 e. The number of hydrogen-bond donors (Lipinski definition) is 1. The summed E-state index contributed by atoms with van der Waals surface area (Å²) in [5, 5.41) is 10.3. The van der Waals surface area contributed by atoms with Crippen LogP contribution >= 0.6 is 27.7 Å². The summed E-state index contributed by atoms with van der Waals surface area (Å²) in [4.78, 5) is 14.3. The highest BCUT2D eigenvalue weighted by Crippen LogP contribution is 2.28. The normalized spacial score (nSPS) is 19.8. The van der Waals surface area contributed by atoms with Crippen LogP contribution in [0, 0.1) is 5.92 Å². The summed E-state index contributed by atoms with van der Waals surface area (Å²) >= 11 is 5.27. The molecule has 1 atom stereocenters. The van der Waals surface area contributed by atoms with Crippen LogP contribution in [-0.2, 0) is 0 Å². The first kappa shape index (κ1) is 14.7. The summed E-state index contributed by atoms with van der Waals surface area (Å²) in [5.74, 6) is 1.48. The number of amides is 1. The van der Waals surface area contributed by atoms with Gasteiger partial charge in [0.05, 0.1) is 5.56 Å². The number of benzene rings is 1. The average molecular weight is 344 g/mol. The minimum Gasteiger partial charge on any atom is -0.507 e. The molecule has 0 unspecified atom stereocenters. The highest BCUT2D eigenvalue weighted by molar-refractivity contribution is 9.10. The minimum absolute atomic E-state index is 0.0486. The third-order valence-electron chi connectivity index (χ3n) is 3.31. The predicted molar refractivity (Wildman–Crippen MR) is 82.8 cm³/mol. The van der Waals surface area contributed by atoms with Gasteiger partial charge in [-0.1, -0.05) is 29.8 Å². The zero-order valence-corrected chi connectivity index (χ0v) is 13.5. The van der Waals surface area contributed by atoms with Crippen molar-refractivity contribution in [3.05, 3.63) is 28.2 Å². The van der Waals surface area contributed by atoms with Crippen LogP contribution in [0.2, 0.25) is 0 Å². The number of carbonyl (C=O) groups excluding carboxylic acids is 1. The van der Waals surface area contributed by atoms with Crippen LogP contribution in [0.25, 0.3) is 0 Å². The molecule has 3 nitrogen and oxygen atoms in total. The summed E-state index contributed by atoms with van der Waals surface area (Å²) in [6, 6.07) is 4.97. The van der Waals surface area contributed by atoms with E-state index >= 15 is 0 Å².